The van der Waals surface area contributed by atoms with E-state index in [1.807, 2.05) is 50.2 Å². The fourth-order valence-corrected chi connectivity index (χ4v) is 7.30. The van der Waals surface area contributed by atoms with E-state index in [2.05, 4.69) is 30.3 Å². The van der Waals surface area contributed by atoms with Crippen molar-refractivity contribution in [1.82, 2.24) is 4.31 Å². The lowest BCUT2D eigenvalue weighted by molar-refractivity contribution is 0.446. The Labute approximate surface area is 174 Å². The first-order valence-electron chi connectivity index (χ1n) is 9.82. The minimum atomic E-state index is -3.56. The number of rotatable bonds is 4. The van der Waals surface area contributed by atoms with Gasteiger partial charge >= 0.3 is 0 Å². The van der Waals surface area contributed by atoms with Crippen molar-refractivity contribution in [3.8, 4) is 0 Å². The molecule has 5 heteroatoms. The summed E-state index contributed by atoms with van der Waals surface area (Å²) < 4.78 is 30.6. The summed E-state index contributed by atoms with van der Waals surface area (Å²) in [6.07, 6.45) is 0. The van der Waals surface area contributed by atoms with Crippen LogP contribution < -0.4 is 0 Å². The Morgan fingerprint density at radius 3 is 2.17 bits per heavy atom. The number of benzene rings is 4. The minimum absolute atomic E-state index is 0.403. The molecule has 0 unspecified atom stereocenters. The van der Waals surface area contributed by atoms with E-state index in [0.717, 1.165) is 20.9 Å². The number of fused-ring (bicyclic) bond motifs is 7. The molecular weight excluding hydrogens is 398 g/mol. The summed E-state index contributed by atoms with van der Waals surface area (Å²) in [5, 5.41) is 6.53. The molecule has 0 bridgehead atoms. The zero-order valence-corrected chi connectivity index (χ0v) is 18.0. The first-order chi connectivity index (χ1) is 14.1. The summed E-state index contributed by atoms with van der Waals surface area (Å²) in [5.74, 6) is 0. The van der Waals surface area contributed by atoms with E-state index >= 15 is 0 Å². The molecule has 29 heavy (non-hydrogen) atoms. The van der Waals surface area contributed by atoms with Crippen LogP contribution in [0.15, 0.2) is 71.6 Å². The molecule has 0 aliphatic carbocycles. The molecular formula is C24H21NO2S2. The summed E-state index contributed by atoms with van der Waals surface area (Å²) in [4.78, 5) is 0.403. The molecule has 0 fully saturated rings. The number of sulfonamides is 1. The Bertz CT molecular complexity index is 1500. The van der Waals surface area contributed by atoms with Gasteiger partial charge in [0.15, 0.2) is 0 Å². The average Bonchev–Trinajstić information content (AvgIpc) is 3.13. The second-order valence-electron chi connectivity index (χ2n) is 7.15. The lowest BCUT2D eigenvalue weighted by atomic mass is 10.0. The fourth-order valence-electron chi connectivity index (χ4n) is 4.25. The molecule has 5 rings (SSSR count). The number of thiophene rings is 1. The van der Waals surface area contributed by atoms with Gasteiger partial charge in [-0.25, -0.2) is 8.42 Å². The molecule has 0 saturated carbocycles. The molecule has 5 aromatic rings. The second kappa shape index (κ2) is 6.80. The van der Waals surface area contributed by atoms with E-state index in [1.165, 1.54) is 25.2 Å². The van der Waals surface area contributed by atoms with E-state index in [-0.39, 0.29) is 0 Å². The predicted octanol–water partition coefficient (Wildman–Crippen LogP) is 6.39. The van der Waals surface area contributed by atoms with Gasteiger partial charge in [0.25, 0.3) is 0 Å². The summed E-state index contributed by atoms with van der Waals surface area (Å²) >= 11 is 1.68. The standard InChI is InChI=1S/C24H21NO2S2/c1-3-25(4-2)29(26,27)22-15-21-23(19-12-8-7-11-18(19)22)20-14-13-16-9-5-6-10-17(16)24(20)28-21/h5-15H,3-4H2,1-2H3. The molecule has 0 N–H and O–H groups in total. The first kappa shape index (κ1) is 18.6. The van der Waals surface area contributed by atoms with Gasteiger partial charge in [-0.05, 0) is 22.2 Å². The van der Waals surface area contributed by atoms with Crippen molar-refractivity contribution in [1.29, 1.82) is 0 Å². The monoisotopic (exact) mass is 419 g/mol. The zero-order chi connectivity index (χ0) is 20.2. The molecule has 0 saturated heterocycles. The van der Waals surface area contributed by atoms with Crippen LogP contribution in [-0.4, -0.2) is 25.8 Å². The maximum absolute atomic E-state index is 13.4. The molecule has 0 spiro atoms. The second-order valence-corrected chi connectivity index (χ2v) is 10.1. The van der Waals surface area contributed by atoms with Gasteiger partial charge in [-0.3, -0.25) is 0 Å². The van der Waals surface area contributed by atoms with Crippen molar-refractivity contribution >= 4 is 63.1 Å². The van der Waals surface area contributed by atoms with Crippen LogP contribution in [0.2, 0.25) is 0 Å². The molecule has 1 aromatic heterocycles. The van der Waals surface area contributed by atoms with Crippen molar-refractivity contribution in [2.75, 3.05) is 13.1 Å². The van der Waals surface area contributed by atoms with Crippen LogP contribution in [0, 0.1) is 0 Å². The average molecular weight is 420 g/mol. The van der Waals surface area contributed by atoms with Gasteiger partial charge in [0, 0.05) is 38.6 Å². The maximum Gasteiger partial charge on any atom is 0.243 e. The number of hydrogen-bond acceptors (Lipinski definition) is 3. The third kappa shape index (κ3) is 2.69. The Hall–Kier alpha value is -2.47. The van der Waals surface area contributed by atoms with Crippen LogP contribution in [0.5, 0.6) is 0 Å². The summed E-state index contributed by atoms with van der Waals surface area (Å²) in [6, 6.07) is 22.4. The lowest BCUT2D eigenvalue weighted by Gasteiger charge is -2.20. The summed E-state index contributed by atoms with van der Waals surface area (Å²) in [5.41, 5.74) is 0. The van der Waals surface area contributed by atoms with E-state index < -0.39 is 10.0 Å². The molecule has 0 atom stereocenters. The van der Waals surface area contributed by atoms with Crippen molar-refractivity contribution < 1.29 is 8.42 Å². The largest absolute Gasteiger partial charge is 0.243 e. The Morgan fingerprint density at radius 2 is 1.45 bits per heavy atom. The van der Waals surface area contributed by atoms with Gasteiger partial charge in [0.2, 0.25) is 10.0 Å². The van der Waals surface area contributed by atoms with E-state index in [1.54, 1.807) is 11.3 Å². The Morgan fingerprint density at radius 1 is 0.793 bits per heavy atom. The highest BCUT2D eigenvalue weighted by Gasteiger charge is 2.26. The van der Waals surface area contributed by atoms with Crippen LogP contribution >= 0.6 is 11.3 Å². The molecule has 0 amide bonds. The highest BCUT2D eigenvalue weighted by atomic mass is 32.2. The van der Waals surface area contributed by atoms with Gasteiger partial charge in [-0.1, -0.05) is 74.5 Å². The summed E-state index contributed by atoms with van der Waals surface area (Å²) in [7, 11) is -3.56. The third-order valence-electron chi connectivity index (χ3n) is 5.65. The quantitative estimate of drug-likeness (QED) is 0.338. The molecule has 1 heterocycles. The smallest absolute Gasteiger partial charge is 0.207 e. The van der Waals surface area contributed by atoms with Crippen LogP contribution in [0.3, 0.4) is 0 Å². The van der Waals surface area contributed by atoms with Crippen molar-refractivity contribution in [3.05, 3.63) is 66.7 Å². The van der Waals surface area contributed by atoms with E-state index in [0.29, 0.717) is 18.0 Å². The van der Waals surface area contributed by atoms with Gasteiger partial charge in [-0.15, -0.1) is 11.3 Å². The van der Waals surface area contributed by atoms with Gasteiger partial charge in [0.1, 0.15) is 0 Å². The van der Waals surface area contributed by atoms with Crippen LogP contribution in [0.4, 0.5) is 0 Å². The fraction of sp³-hybridized carbons (Fsp3) is 0.167. The van der Waals surface area contributed by atoms with E-state index in [4.69, 9.17) is 0 Å². The maximum atomic E-state index is 13.4. The molecule has 0 aliphatic rings. The Kier molecular flexibility index (Phi) is 4.35. The molecule has 0 radical (unpaired) electrons. The van der Waals surface area contributed by atoms with Crippen molar-refractivity contribution in [2.24, 2.45) is 0 Å². The van der Waals surface area contributed by atoms with E-state index in [9.17, 15) is 8.42 Å². The SMILES string of the molecule is CCN(CC)S(=O)(=O)c1cc2sc3c4ccccc4ccc3c2c2ccccc12. The van der Waals surface area contributed by atoms with Crippen LogP contribution in [0.25, 0.3) is 41.7 Å². The number of hydrogen-bond donors (Lipinski definition) is 0. The predicted molar refractivity (Wildman–Crippen MR) is 124 cm³/mol. The minimum Gasteiger partial charge on any atom is -0.207 e. The van der Waals surface area contributed by atoms with Crippen LogP contribution in [0.1, 0.15) is 13.8 Å². The van der Waals surface area contributed by atoms with Crippen molar-refractivity contribution in [3.63, 3.8) is 0 Å². The Balaban J connectivity index is 1.96. The molecule has 0 aliphatic heterocycles. The van der Waals surface area contributed by atoms with Crippen molar-refractivity contribution in [2.45, 2.75) is 18.7 Å². The van der Waals surface area contributed by atoms with Gasteiger partial charge in [-0.2, -0.15) is 4.31 Å². The third-order valence-corrected chi connectivity index (χ3v) is 8.93. The molecule has 3 nitrogen and oxygen atoms in total. The highest BCUT2D eigenvalue weighted by molar-refractivity contribution is 7.89. The van der Waals surface area contributed by atoms with Gasteiger partial charge < -0.3 is 0 Å². The molecule has 146 valence electrons. The molecule has 4 aromatic carbocycles. The topological polar surface area (TPSA) is 37.4 Å². The highest BCUT2D eigenvalue weighted by Crippen LogP contribution is 2.43. The summed E-state index contributed by atoms with van der Waals surface area (Å²) in [6.45, 7) is 4.69. The zero-order valence-electron chi connectivity index (χ0n) is 16.3. The number of nitrogens with zero attached hydrogens (tertiary/aromatic N) is 1. The first-order valence-corrected chi connectivity index (χ1v) is 12.1. The normalized spacial score (nSPS) is 12.7. The van der Waals surface area contributed by atoms with Crippen LogP contribution in [-0.2, 0) is 10.0 Å². The van der Waals surface area contributed by atoms with Gasteiger partial charge in [0.05, 0.1) is 4.90 Å². The lowest BCUT2D eigenvalue weighted by Crippen LogP contribution is -2.30.